The summed E-state index contributed by atoms with van der Waals surface area (Å²) >= 11 is 0. The Morgan fingerprint density at radius 3 is 2.38 bits per heavy atom. The van der Waals surface area contributed by atoms with Gasteiger partial charge in [0.25, 0.3) is 5.91 Å². The van der Waals surface area contributed by atoms with E-state index < -0.39 is 5.97 Å². The fourth-order valence-corrected chi connectivity index (χ4v) is 2.37. The van der Waals surface area contributed by atoms with Gasteiger partial charge in [-0.15, -0.1) is 0 Å². The van der Waals surface area contributed by atoms with Crippen LogP contribution in [-0.2, 0) is 4.79 Å². The lowest BCUT2D eigenvalue weighted by Gasteiger charge is -2.18. The van der Waals surface area contributed by atoms with Crippen LogP contribution in [0.25, 0.3) is 0 Å². The molecule has 0 heterocycles. The molecule has 0 aliphatic carbocycles. The van der Waals surface area contributed by atoms with Gasteiger partial charge in [0.2, 0.25) is 0 Å². The molecule has 0 aromatic heterocycles. The van der Waals surface area contributed by atoms with Crippen LogP contribution in [0.3, 0.4) is 0 Å². The van der Waals surface area contributed by atoms with Crippen molar-refractivity contribution < 1.29 is 14.7 Å². The summed E-state index contributed by atoms with van der Waals surface area (Å²) in [5.74, 6) is -0.579. The lowest BCUT2D eigenvalue weighted by molar-refractivity contribution is -0.138. The molecule has 0 saturated carbocycles. The molecule has 1 atom stereocenters. The quantitative estimate of drug-likeness (QED) is 0.811. The van der Waals surface area contributed by atoms with E-state index in [1.807, 2.05) is 26.0 Å². The largest absolute Gasteiger partial charge is 0.481 e. The number of aliphatic carboxylic acids is 1. The van der Waals surface area contributed by atoms with Crippen molar-refractivity contribution >= 4 is 11.9 Å². The molecule has 0 radical (unpaired) electrons. The molecule has 4 heteroatoms. The van der Waals surface area contributed by atoms with Crippen molar-refractivity contribution in [2.45, 2.75) is 40.5 Å². The predicted molar refractivity (Wildman–Crippen MR) is 83.4 cm³/mol. The molecule has 4 nitrogen and oxygen atoms in total. The Labute approximate surface area is 126 Å². The maximum absolute atomic E-state index is 12.1. The third-order valence-corrected chi connectivity index (χ3v) is 3.59. The van der Waals surface area contributed by atoms with Gasteiger partial charge >= 0.3 is 5.97 Å². The highest BCUT2D eigenvalue weighted by atomic mass is 16.4. The Bertz CT molecular complexity index is 509. The number of carboxylic acid groups (broad SMARTS) is 1. The first kappa shape index (κ1) is 17.2. The summed E-state index contributed by atoms with van der Waals surface area (Å²) in [6, 6.07) is 5.58. The highest BCUT2D eigenvalue weighted by Gasteiger charge is 2.16. The SMILES string of the molecule is Cc1ccc(C(=O)NC[C@H](CC(=O)O)CC(C)C)cc1C. The van der Waals surface area contributed by atoms with Crippen LogP contribution in [0, 0.1) is 25.7 Å². The second-order valence-electron chi connectivity index (χ2n) is 6.10. The van der Waals surface area contributed by atoms with Crippen molar-refractivity contribution in [3.05, 3.63) is 34.9 Å². The lowest BCUT2D eigenvalue weighted by atomic mass is 9.94. The number of amides is 1. The van der Waals surface area contributed by atoms with Gasteiger partial charge in [0.05, 0.1) is 0 Å². The Morgan fingerprint density at radius 1 is 1.19 bits per heavy atom. The average Bonchev–Trinajstić information content (AvgIpc) is 2.37. The maximum atomic E-state index is 12.1. The monoisotopic (exact) mass is 291 g/mol. The number of nitrogens with one attached hydrogen (secondary N) is 1. The molecule has 0 saturated heterocycles. The number of aryl methyl sites for hydroxylation is 2. The van der Waals surface area contributed by atoms with Crippen LogP contribution >= 0.6 is 0 Å². The first-order valence-electron chi connectivity index (χ1n) is 7.36. The van der Waals surface area contributed by atoms with E-state index in [9.17, 15) is 9.59 Å². The van der Waals surface area contributed by atoms with Gasteiger partial charge in [-0.25, -0.2) is 0 Å². The van der Waals surface area contributed by atoms with Crippen LogP contribution in [-0.4, -0.2) is 23.5 Å². The smallest absolute Gasteiger partial charge is 0.303 e. The van der Waals surface area contributed by atoms with Gasteiger partial charge in [0.15, 0.2) is 0 Å². The molecule has 1 aromatic carbocycles. The third-order valence-electron chi connectivity index (χ3n) is 3.59. The zero-order valence-corrected chi connectivity index (χ0v) is 13.3. The fraction of sp³-hybridized carbons (Fsp3) is 0.529. The zero-order chi connectivity index (χ0) is 16.0. The van der Waals surface area contributed by atoms with Gasteiger partial charge in [-0.2, -0.15) is 0 Å². The number of carbonyl (C=O) groups excluding carboxylic acids is 1. The van der Waals surface area contributed by atoms with Crippen LogP contribution in [0.4, 0.5) is 0 Å². The molecule has 0 aliphatic heterocycles. The highest BCUT2D eigenvalue weighted by Crippen LogP contribution is 2.15. The summed E-state index contributed by atoms with van der Waals surface area (Å²) in [5.41, 5.74) is 2.85. The zero-order valence-electron chi connectivity index (χ0n) is 13.3. The van der Waals surface area contributed by atoms with Crippen LogP contribution in [0.2, 0.25) is 0 Å². The van der Waals surface area contributed by atoms with Gasteiger partial charge in [-0.3, -0.25) is 9.59 Å². The normalized spacial score (nSPS) is 12.2. The summed E-state index contributed by atoms with van der Waals surface area (Å²) in [4.78, 5) is 23.0. The summed E-state index contributed by atoms with van der Waals surface area (Å²) in [5, 5.41) is 11.8. The Hall–Kier alpha value is -1.84. The topological polar surface area (TPSA) is 66.4 Å². The molecule has 1 aromatic rings. The van der Waals surface area contributed by atoms with E-state index >= 15 is 0 Å². The molecular formula is C17H25NO3. The fourth-order valence-electron chi connectivity index (χ4n) is 2.37. The van der Waals surface area contributed by atoms with Crippen molar-refractivity contribution in [2.75, 3.05) is 6.54 Å². The van der Waals surface area contributed by atoms with Crippen LogP contribution < -0.4 is 5.32 Å². The Morgan fingerprint density at radius 2 is 1.86 bits per heavy atom. The Balaban J connectivity index is 2.63. The molecule has 21 heavy (non-hydrogen) atoms. The number of carbonyl (C=O) groups is 2. The summed E-state index contributed by atoms with van der Waals surface area (Å²) in [7, 11) is 0. The predicted octanol–water partition coefficient (Wildman–Crippen LogP) is 3.17. The van der Waals surface area contributed by atoms with Gasteiger partial charge in [0, 0.05) is 18.5 Å². The molecule has 1 rings (SSSR count). The van der Waals surface area contributed by atoms with Gasteiger partial charge in [-0.05, 0) is 55.4 Å². The molecule has 0 spiro atoms. The lowest BCUT2D eigenvalue weighted by Crippen LogP contribution is -2.31. The molecule has 0 aliphatic rings. The van der Waals surface area contributed by atoms with Crippen molar-refractivity contribution in [1.29, 1.82) is 0 Å². The van der Waals surface area contributed by atoms with Crippen molar-refractivity contribution in [2.24, 2.45) is 11.8 Å². The number of hydrogen-bond donors (Lipinski definition) is 2. The summed E-state index contributed by atoms with van der Waals surface area (Å²) < 4.78 is 0. The molecule has 2 N–H and O–H groups in total. The summed E-state index contributed by atoms with van der Waals surface area (Å²) in [6.45, 7) is 8.48. The minimum atomic E-state index is -0.818. The number of benzene rings is 1. The molecule has 1 amide bonds. The van der Waals surface area contributed by atoms with E-state index in [2.05, 4.69) is 19.2 Å². The highest BCUT2D eigenvalue weighted by molar-refractivity contribution is 5.94. The van der Waals surface area contributed by atoms with Gasteiger partial charge < -0.3 is 10.4 Å². The second-order valence-corrected chi connectivity index (χ2v) is 6.10. The Kier molecular flexibility index (Phi) is 6.40. The van der Waals surface area contributed by atoms with E-state index in [1.165, 1.54) is 0 Å². The van der Waals surface area contributed by atoms with Crippen molar-refractivity contribution in [3.8, 4) is 0 Å². The second kappa shape index (κ2) is 7.81. The number of carboxylic acids is 1. The average molecular weight is 291 g/mol. The van der Waals surface area contributed by atoms with Crippen LogP contribution in [0.1, 0.15) is 48.2 Å². The van der Waals surface area contributed by atoms with E-state index in [-0.39, 0.29) is 18.2 Å². The van der Waals surface area contributed by atoms with Gasteiger partial charge in [0.1, 0.15) is 0 Å². The van der Waals surface area contributed by atoms with Crippen molar-refractivity contribution in [1.82, 2.24) is 5.32 Å². The number of rotatable bonds is 7. The van der Waals surface area contributed by atoms with Crippen molar-refractivity contribution in [3.63, 3.8) is 0 Å². The molecule has 0 bridgehead atoms. The third kappa shape index (κ3) is 5.98. The molecule has 0 fully saturated rings. The van der Waals surface area contributed by atoms with E-state index in [4.69, 9.17) is 5.11 Å². The summed E-state index contributed by atoms with van der Waals surface area (Å²) in [6.07, 6.45) is 0.880. The maximum Gasteiger partial charge on any atom is 0.303 e. The first-order valence-corrected chi connectivity index (χ1v) is 7.36. The molecular weight excluding hydrogens is 266 g/mol. The van der Waals surface area contributed by atoms with E-state index in [0.717, 1.165) is 17.5 Å². The standard InChI is InChI=1S/C17H25NO3/c1-11(2)7-14(9-16(19)20)10-18-17(21)15-6-5-12(3)13(4)8-15/h5-6,8,11,14H,7,9-10H2,1-4H3,(H,18,21)(H,19,20)/t14-/m0/s1. The van der Waals surface area contributed by atoms with Gasteiger partial charge in [-0.1, -0.05) is 19.9 Å². The van der Waals surface area contributed by atoms with E-state index in [0.29, 0.717) is 18.0 Å². The van der Waals surface area contributed by atoms with Crippen LogP contribution in [0.5, 0.6) is 0 Å². The minimum absolute atomic E-state index is 0.0296. The van der Waals surface area contributed by atoms with E-state index in [1.54, 1.807) is 6.07 Å². The van der Waals surface area contributed by atoms with Crippen LogP contribution in [0.15, 0.2) is 18.2 Å². The molecule has 0 unspecified atom stereocenters. The molecule has 116 valence electrons. The first-order chi connectivity index (χ1) is 9.79. The minimum Gasteiger partial charge on any atom is -0.481 e. The number of hydrogen-bond acceptors (Lipinski definition) is 2.